The van der Waals surface area contributed by atoms with Gasteiger partial charge in [0.1, 0.15) is 0 Å². The average Bonchev–Trinajstić information content (AvgIpc) is 2.47. The van der Waals surface area contributed by atoms with Crippen molar-refractivity contribution in [2.75, 3.05) is 0 Å². The maximum Gasteiger partial charge on any atom is 0.176 e. The second kappa shape index (κ2) is 3.52. The van der Waals surface area contributed by atoms with Crippen LogP contribution in [0.3, 0.4) is 0 Å². The summed E-state index contributed by atoms with van der Waals surface area (Å²) in [5.74, 6) is 0.140. The van der Waals surface area contributed by atoms with Gasteiger partial charge in [0, 0.05) is 6.20 Å². The monoisotopic (exact) mass is 194 g/mol. The minimum Gasteiger partial charge on any atom is -0.380 e. The number of hydrogen-bond acceptors (Lipinski definition) is 6. The molecular formula is C8H10N4O2. The van der Waals surface area contributed by atoms with Gasteiger partial charge in [-0.3, -0.25) is 10.2 Å². The first-order valence-electron chi connectivity index (χ1n) is 4.06. The van der Waals surface area contributed by atoms with Crippen LogP contribution in [0.2, 0.25) is 0 Å². The van der Waals surface area contributed by atoms with E-state index in [1.54, 1.807) is 6.20 Å². The fourth-order valence-corrected chi connectivity index (χ4v) is 1.09. The predicted molar refractivity (Wildman–Crippen MR) is 46.8 cm³/mol. The van der Waals surface area contributed by atoms with Gasteiger partial charge in [0.05, 0.1) is 18.4 Å². The molecular weight excluding hydrogens is 184 g/mol. The molecule has 0 amide bonds. The standard InChI is InChI=1S/C8H10N4O2/c9-8-6-11(14-12(8)13)5-7-3-1-2-4-10-7/h1-4,6,13H,5,9H2. The van der Waals surface area contributed by atoms with Crippen LogP contribution in [-0.2, 0) is 11.5 Å². The van der Waals surface area contributed by atoms with Crippen molar-refractivity contribution in [1.29, 1.82) is 0 Å². The van der Waals surface area contributed by atoms with Crippen LogP contribution in [0.1, 0.15) is 5.69 Å². The van der Waals surface area contributed by atoms with E-state index in [2.05, 4.69) is 4.98 Å². The lowest BCUT2D eigenvalue weighted by atomic mass is 10.3. The van der Waals surface area contributed by atoms with Gasteiger partial charge in [-0.2, -0.15) is 0 Å². The van der Waals surface area contributed by atoms with Crippen molar-refractivity contribution in [2.24, 2.45) is 5.73 Å². The van der Waals surface area contributed by atoms with Crippen molar-refractivity contribution in [3.8, 4) is 0 Å². The first-order valence-corrected chi connectivity index (χ1v) is 4.06. The summed E-state index contributed by atoms with van der Waals surface area (Å²) < 4.78 is 0. The summed E-state index contributed by atoms with van der Waals surface area (Å²) in [5, 5.41) is 10.9. The Bertz CT molecular complexity index is 340. The number of hydroxylamine groups is 4. The number of aromatic nitrogens is 1. The van der Waals surface area contributed by atoms with Crippen LogP contribution >= 0.6 is 0 Å². The summed E-state index contributed by atoms with van der Waals surface area (Å²) in [6.45, 7) is 0.429. The molecule has 0 aromatic carbocycles. The third kappa shape index (κ3) is 1.76. The highest BCUT2D eigenvalue weighted by molar-refractivity contribution is 5.04. The summed E-state index contributed by atoms with van der Waals surface area (Å²) in [6, 6.07) is 5.56. The number of hydrogen-bond donors (Lipinski definition) is 2. The van der Waals surface area contributed by atoms with Gasteiger partial charge < -0.3 is 5.73 Å². The van der Waals surface area contributed by atoms with Gasteiger partial charge in [-0.1, -0.05) is 11.3 Å². The second-order valence-electron chi connectivity index (χ2n) is 2.80. The van der Waals surface area contributed by atoms with Gasteiger partial charge in [-0.15, -0.1) is 4.94 Å². The minimum absolute atomic E-state index is 0.140. The summed E-state index contributed by atoms with van der Waals surface area (Å²) in [6.07, 6.45) is 3.17. The van der Waals surface area contributed by atoms with Crippen LogP contribution in [0.4, 0.5) is 0 Å². The molecule has 14 heavy (non-hydrogen) atoms. The molecule has 0 unspecified atom stereocenters. The number of pyridine rings is 1. The van der Waals surface area contributed by atoms with Gasteiger partial charge in [0.25, 0.3) is 0 Å². The molecule has 6 heteroatoms. The minimum atomic E-state index is 0.140. The maximum atomic E-state index is 9.00. The Kier molecular flexibility index (Phi) is 2.21. The molecule has 0 spiro atoms. The van der Waals surface area contributed by atoms with Gasteiger partial charge in [0.2, 0.25) is 0 Å². The van der Waals surface area contributed by atoms with Crippen LogP contribution in [0.25, 0.3) is 0 Å². The molecule has 0 aliphatic carbocycles. The SMILES string of the molecule is NC1=CN(Cc2ccccn2)ON1O. The molecule has 74 valence electrons. The first-order chi connectivity index (χ1) is 6.75. The number of rotatable bonds is 2. The molecule has 1 aromatic heterocycles. The number of nitrogens with two attached hydrogens (primary N) is 1. The van der Waals surface area contributed by atoms with Crippen molar-refractivity contribution in [2.45, 2.75) is 6.54 Å². The van der Waals surface area contributed by atoms with E-state index in [9.17, 15) is 0 Å². The highest BCUT2D eigenvalue weighted by Gasteiger charge is 2.18. The maximum absolute atomic E-state index is 9.00. The quantitative estimate of drug-likeness (QED) is 0.700. The molecule has 0 bridgehead atoms. The van der Waals surface area contributed by atoms with Crippen LogP contribution in [0.15, 0.2) is 36.4 Å². The molecule has 2 heterocycles. The zero-order chi connectivity index (χ0) is 9.97. The molecule has 6 nitrogen and oxygen atoms in total. The smallest absolute Gasteiger partial charge is 0.176 e. The Balaban J connectivity index is 2.01. The van der Waals surface area contributed by atoms with Crippen molar-refractivity contribution >= 4 is 0 Å². The zero-order valence-corrected chi connectivity index (χ0v) is 7.37. The van der Waals surface area contributed by atoms with E-state index >= 15 is 0 Å². The Morgan fingerprint density at radius 1 is 1.50 bits per heavy atom. The molecule has 2 rings (SSSR count). The van der Waals surface area contributed by atoms with Gasteiger partial charge in [0.15, 0.2) is 5.82 Å². The van der Waals surface area contributed by atoms with Crippen LogP contribution in [0.5, 0.6) is 0 Å². The van der Waals surface area contributed by atoms with E-state index in [0.29, 0.717) is 11.8 Å². The topological polar surface area (TPSA) is 74.8 Å². The third-order valence-electron chi connectivity index (χ3n) is 1.72. The molecule has 3 N–H and O–H groups in total. The van der Waals surface area contributed by atoms with Crippen molar-refractivity contribution in [1.82, 2.24) is 15.3 Å². The van der Waals surface area contributed by atoms with Gasteiger partial charge >= 0.3 is 0 Å². The Labute approximate surface area is 80.7 Å². The molecule has 1 aliphatic rings. The lowest BCUT2D eigenvalue weighted by Crippen LogP contribution is -2.23. The number of nitrogens with zero attached hydrogens (tertiary/aromatic N) is 3. The summed E-state index contributed by atoms with van der Waals surface area (Å²) in [5.41, 5.74) is 6.20. The predicted octanol–water partition coefficient (Wildman–Crippen LogP) is 0.193. The molecule has 0 radical (unpaired) electrons. The molecule has 0 fully saturated rings. The molecule has 0 atom stereocenters. The van der Waals surface area contributed by atoms with E-state index in [0.717, 1.165) is 5.69 Å². The molecule has 1 aromatic rings. The van der Waals surface area contributed by atoms with Crippen molar-refractivity contribution in [3.05, 3.63) is 42.1 Å². The molecule has 1 aliphatic heterocycles. The fraction of sp³-hybridized carbons (Fsp3) is 0.125. The largest absolute Gasteiger partial charge is 0.380 e. The Morgan fingerprint density at radius 2 is 2.36 bits per heavy atom. The van der Waals surface area contributed by atoms with E-state index in [4.69, 9.17) is 15.9 Å². The molecule has 0 saturated carbocycles. The highest BCUT2D eigenvalue weighted by Crippen LogP contribution is 2.12. The first kappa shape index (κ1) is 8.79. The lowest BCUT2D eigenvalue weighted by molar-refractivity contribution is -0.389. The fourth-order valence-electron chi connectivity index (χ4n) is 1.09. The van der Waals surface area contributed by atoms with Gasteiger partial charge in [-0.25, -0.2) is 5.06 Å². The second-order valence-corrected chi connectivity index (χ2v) is 2.80. The van der Waals surface area contributed by atoms with Crippen LogP contribution in [-0.4, -0.2) is 20.5 Å². The summed E-state index contributed by atoms with van der Waals surface area (Å²) in [4.78, 5) is 8.94. The molecule has 0 saturated heterocycles. The van der Waals surface area contributed by atoms with E-state index < -0.39 is 0 Å². The van der Waals surface area contributed by atoms with Gasteiger partial charge in [-0.05, 0) is 12.1 Å². The van der Waals surface area contributed by atoms with E-state index in [-0.39, 0.29) is 5.82 Å². The lowest BCUT2D eigenvalue weighted by Gasteiger charge is -2.14. The van der Waals surface area contributed by atoms with Crippen LogP contribution in [0, 0.1) is 0 Å². The Hall–Kier alpha value is -1.79. The van der Waals surface area contributed by atoms with Crippen LogP contribution < -0.4 is 5.73 Å². The summed E-state index contributed by atoms with van der Waals surface area (Å²) in [7, 11) is 0. The third-order valence-corrected chi connectivity index (χ3v) is 1.72. The van der Waals surface area contributed by atoms with Crippen molar-refractivity contribution in [3.63, 3.8) is 0 Å². The highest BCUT2D eigenvalue weighted by atomic mass is 17.0. The average molecular weight is 194 g/mol. The van der Waals surface area contributed by atoms with E-state index in [1.807, 2.05) is 18.2 Å². The summed E-state index contributed by atoms with van der Waals surface area (Å²) >= 11 is 0. The normalized spacial score (nSPS) is 15.9. The van der Waals surface area contributed by atoms with Crippen molar-refractivity contribution < 1.29 is 10.1 Å². The Morgan fingerprint density at radius 3 is 2.93 bits per heavy atom. The van der Waals surface area contributed by atoms with E-state index in [1.165, 1.54) is 11.3 Å². The zero-order valence-electron chi connectivity index (χ0n) is 7.37.